The molecule has 4 aliphatic rings. The van der Waals surface area contributed by atoms with Gasteiger partial charge in [0, 0.05) is 33.7 Å². The Kier molecular flexibility index (Phi) is 10.0. The minimum atomic E-state index is 0.0785. The molecule has 3 unspecified atom stereocenters. The molecule has 6 aromatic carbocycles. The number of allylic oxidation sites excluding steroid dienone is 5. The third-order valence-corrected chi connectivity index (χ3v) is 13.8. The van der Waals surface area contributed by atoms with Crippen LogP contribution < -0.4 is 0 Å². The topological polar surface area (TPSA) is 64.5 Å². The van der Waals surface area contributed by atoms with E-state index in [9.17, 15) is 0 Å². The van der Waals surface area contributed by atoms with Crippen LogP contribution in [0.15, 0.2) is 188 Å². The summed E-state index contributed by atoms with van der Waals surface area (Å²) in [5.74, 6) is 4.35. The van der Waals surface area contributed by atoms with Crippen LogP contribution in [-0.2, 0) is 5.41 Å². The van der Waals surface area contributed by atoms with Crippen molar-refractivity contribution in [3.8, 4) is 67.8 Å². The first-order valence-electron chi connectivity index (χ1n) is 22.4. The summed E-state index contributed by atoms with van der Waals surface area (Å²) >= 11 is 0. The van der Waals surface area contributed by atoms with Crippen molar-refractivity contribution in [3.05, 3.63) is 200 Å². The van der Waals surface area contributed by atoms with Crippen molar-refractivity contribution in [3.63, 3.8) is 0 Å². The van der Waals surface area contributed by atoms with E-state index >= 15 is 0 Å². The molecule has 2 aromatic heterocycles. The van der Waals surface area contributed by atoms with Crippen LogP contribution in [0.2, 0.25) is 0 Å². The van der Waals surface area contributed by atoms with Gasteiger partial charge in [-0.15, -0.1) is 0 Å². The van der Waals surface area contributed by atoms with E-state index < -0.39 is 0 Å². The third-order valence-electron chi connectivity index (χ3n) is 13.8. The van der Waals surface area contributed by atoms with Crippen LogP contribution in [0.4, 0.5) is 0 Å². The van der Waals surface area contributed by atoms with Gasteiger partial charge in [0.15, 0.2) is 17.5 Å². The average Bonchev–Trinajstić information content (AvgIpc) is 3.60. The van der Waals surface area contributed by atoms with Gasteiger partial charge in [-0.3, -0.25) is 0 Å². The van der Waals surface area contributed by atoms with Gasteiger partial charge < -0.3 is 0 Å². The lowest BCUT2D eigenvalue weighted by molar-refractivity contribution is 0.353. The molecule has 0 N–H and O–H groups in total. The number of fused-ring (bicyclic) bond motifs is 5. The van der Waals surface area contributed by atoms with E-state index in [0.717, 1.165) is 79.3 Å². The summed E-state index contributed by atoms with van der Waals surface area (Å²) in [6, 6.07) is 53.5. The molecule has 12 rings (SSSR count). The fraction of sp³-hybridized carbons (Fsp3) is 0.190. The number of nitrogens with zero attached hydrogens (tertiary/aromatic N) is 5. The van der Waals surface area contributed by atoms with Crippen LogP contribution in [0.5, 0.6) is 0 Å². The van der Waals surface area contributed by atoms with Gasteiger partial charge in [-0.2, -0.15) is 0 Å². The van der Waals surface area contributed by atoms with Gasteiger partial charge in [-0.1, -0.05) is 189 Å². The standard InChI is InChI=1S/C58H49N5/c1-38-34-39-24-25-46(38)37-58(2,36-39)47-32-30-45(31-33-47)56-61-55(44-18-10-5-11-19-44)62-57(63-56)51-23-13-21-49-48(20-12-22-50(49)51)40-26-28-42(29-27-40)53-35-52(41-14-6-3-7-15-41)59-54(60-53)43-16-8-4-9-17-43/h3-18,20-23,26-33,35,39,44,46H,1,19,24-25,34,36-37H2,2H3/t39-,44?,46?,58?/m0/s1. The first-order chi connectivity index (χ1) is 30.9. The molecule has 0 aliphatic heterocycles. The highest BCUT2D eigenvalue weighted by molar-refractivity contribution is 6.03. The predicted octanol–water partition coefficient (Wildman–Crippen LogP) is 14.4. The fourth-order valence-electron chi connectivity index (χ4n) is 10.4. The molecule has 5 heteroatoms. The van der Waals surface area contributed by atoms with Crippen LogP contribution in [0.3, 0.4) is 0 Å². The lowest BCUT2D eigenvalue weighted by Gasteiger charge is -2.31. The Balaban J connectivity index is 0.949. The summed E-state index contributed by atoms with van der Waals surface area (Å²) in [6.45, 7) is 6.96. The normalized spacial score (nSPS) is 20.5. The first-order valence-corrected chi connectivity index (χ1v) is 22.4. The van der Waals surface area contributed by atoms with E-state index in [-0.39, 0.29) is 11.3 Å². The highest BCUT2D eigenvalue weighted by Crippen LogP contribution is 2.51. The number of aromatic nitrogens is 5. The van der Waals surface area contributed by atoms with Crippen molar-refractivity contribution in [2.24, 2.45) is 11.8 Å². The zero-order valence-corrected chi connectivity index (χ0v) is 35.7. The second-order valence-electron chi connectivity index (χ2n) is 18.0. The number of benzene rings is 6. The molecule has 0 radical (unpaired) electrons. The Morgan fingerprint density at radius 1 is 0.524 bits per heavy atom. The van der Waals surface area contributed by atoms with Crippen LogP contribution in [0.1, 0.15) is 62.8 Å². The van der Waals surface area contributed by atoms with E-state index in [2.05, 4.69) is 153 Å². The lowest BCUT2D eigenvalue weighted by Crippen LogP contribution is -2.23. The Morgan fingerprint density at radius 2 is 1.13 bits per heavy atom. The Bertz CT molecular complexity index is 2990. The van der Waals surface area contributed by atoms with Crippen molar-refractivity contribution in [1.82, 2.24) is 24.9 Å². The van der Waals surface area contributed by atoms with Crippen molar-refractivity contribution < 1.29 is 0 Å². The number of rotatable bonds is 8. The second kappa shape index (κ2) is 16.3. The summed E-state index contributed by atoms with van der Waals surface area (Å²) in [6.07, 6.45) is 15.7. The van der Waals surface area contributed by atoms with Gasteiger partial charge in [0.1, 0.15) is 5.82 Å². The maximum atomic E-state index is 5.25. The fourth-order valence-corrected chi connectivity index (χ4v) is 10.4. The maximum absolute atomic E-state index is 5.25. The van der Waals surface area contributed by atoms with E-state index in [0.29, 0.717) is 23.4 Å². The van der Waals surface area contributed by atoms with Gasteiger partial charge in [0.2, 0.25) is 0 Å². The summed E-state index contributed by atoms with van der Waals surface area (Å²) in [4.78, 5) is 25.7. The Morgan fingerprint density at radius 3 is 1.83 bits per heavy atom. The highest BCUT2D eigenvalue weighted by Gasteiger charge is 2.40. The summed E-state index contributed by atoms with van der Waals surface area (Å²) in [5, 5.41) is 2.24. The molecule has 2 bridgehead atoms. The Labute approximate surface area is 370 Å². The minimum absolute atomic E-state index is 0.0785. The van der Waals surface area contributed by atoms with Gasteiger partial charge >= 0.3 is 0 Å². The number of hydrogen-bond acceptors (Lipinski definition) is 5. The van der Waals surface area contributed by atoms with Gasteiger partial charge in [-0.25, -0.2) is 24.9 Å². The van der Waals surface area contributed by atoms with Gasteiger partial charge in [0.25, 0.3) is 0 Å². The SMILES string of the molecule is C=C1C[C@@H]2CCC1CC(C)(c1ccc(-c3nc(-c4cccc5c(-c6ccc(-c7cc(-c8ccccc8)nc(-c8ccccc8)n7)cc6)cccc45)nc(C4C=CC=CC4)n3)cc1)C2. The molecule has 2 heterocycles. The van der Waals surface area contributed by atoms with Crippen LogP contribution in [0.25, 0.3) is 78.6 Å². The summed E-state index contributed by atoms with van der Waals surface area (Å²) < 4.78 is 0. The number of hydrogen-bond donors (Lipinski definition) is 0. The van der Waals surface area contributed by atoms with Crippen molar-refractivity contribution in [2.45, 2.75) is 56.8 Å². The molecule has 306 valence electrons. The van der Waals surface area contributed by atoms with Crippen molar-refractivity contribution >= 4 is 10.8 Å². The third kappa shape index (κ3) is 7.63. The van der Waals surface area contributed by atoms with Crippen LogP contribution >= 0.6 is 0 Å². The average molecular weight is 816 g/mol. The molecular weight excluding hydrogens is 767 g/mol. The molecule has 4 aliphatic carbocycles. The van der Waals surface area contributed by atoms with Gasteiger partial charge in [-0.05, 0) is 89.3 Å². The first kappa shape index (κ1) is 38.8. The maximum Gasteiger partial charge on any atom is 0.164 e. The minimum Gasteiger partial charge on any atom is -0.228 e. The predicted molar refractivity (Wildman–Crippen MR) is 258 cm³/mol. The van der Waals surface area contributed by atoms with E-state index in [1.165, 1.54) is 43.2 Å². The smallest absolute Gasteiger partial charge is 0.164 e. The monoisotopic (exact) mass is 815 g/mol. The zero-order valence-electron chi connectivity index (χ0n) is 35.7. The van der Waals surface area contributed by atoms with E-state index in [1.807, 2.05) is 36.4 Å². The molecular formula is C58H49N5. The molecule has 8 aromatic rings. The largest absolute Gasteiger partial charge is 0.228 e. The highest BCUT2D eigenvalue weighted by atomic mass is 15.0. The molecule has 63 heavy (non-hydrogen) atoms. The molecule has 5 nitrogen and oxygen atoms in total. The van der Waals surface area contributed by atoms with Crippen LogP contribution in [0, 0.1) is 11.8 Å². The zero-order chi connectivity index (χ0) is 42.3. The molecule has 0 amide bonds. The van der Waals surface area contributed by atoms with E-state index in [1.54, 1.807) is 0 Å². The van der Waals surface area contributed by atoms with Gasteiger partial charge in [0.05, 0.1) is 11.4 Å². The molecule has 3 saturated carbocycles. The molecule has 4 atom stereocenters. The van der Waals surface area contributed by atoms with Crippen molar-refractivity contribution in [2.75, 3.05) is 0 Å². The second-order valence-corrected chi connectivity index (χ2v) is 18.0. The van der Waals surface area contributed by atoms with Crippen molar-refractivity contribution in [1.29, 1.82) is 0 Å². The van der Waals surface area contributed by atoms with Crippen LogP contribution in [-0.4, -0.2) is 24.9 Å². The molecule has 0 spiro atoms. The van der Waals surface area contributed by atoms with E-state index in [4.69, 9.17) is 24.9 Å². The lowest BCUT2D eigenvalue weighted by atomic mass is 9.73. The molecule has 3 fully saturated rings. The summed E-state index contributed by atoms with van der Waals surface area (Å²) in [5.41, 5.74) is 12.1. The molecule has 0 saturated heterocycles. The Hall–Kier alpha value is -7.11. The summed E-state index contributed by atoms with van der Waals surface area (Å²) in [7, 11) is 0. The quantitative estimate of drug-likeness (QED) is 0.143.